The molecule has 2 saturated heterocycles. The molecule has 9 nitrogen and oxygen atoms in total. The molecular formula is C37H31N5O4. The number of allylic oxidation sites excluding steroid dienone is 1. The van der Waals surface area contributed by atoms with Gasteiger partial charge in [-0.15, -0.1) is 0 Å². The molecule has 2 amide bonds. The Bertz CT molecular complexity index is 2090. The van der Waals surface area contributed by atoms with Crippen molar-refractivity contribution in [3.63, 3.8) is 0 Å². The van der Waals surface area contributed by atoms with E-state index in [1.165, 1.54) is 11.8 Å². The first-order valence-electron chi connectivity index (χ1n) is 15.5. The Morgan fingerprint density at radius 3 is 2.43 bits per heavy atom. The van der Waals surface area contributed by atoms with E-state index in [4.69, 9.17) is 14.7 Å². The molecule has 3 aromatic carbocycles. The number of Topliss-reactive ketones (excluding diaryl/α,β-unsaturated/α-hetero) is 1. The second kappa shape index (κ2) is 11.3. The van der Waals surface area contributed by atoms with Gasteiger partial charge < -0.3 is 9.64 Å². The predicted molar refractivity (Wildman–Crippen MR) is 176 cm³/mol. The zero-order chi connectivity index (χ0) is 31.4. The van der Waals surface area contributed by atoms with E-state index in [1.807, 2.05) is 65.6 Å². The van der Waals surface area contributed by atoms with Gasteiger partial charge in [0.05, 0.1) is 47.4 Å². The number of fused-ring (bicyclic) bond motifs is 3. The minimum Gasteiger partial charge on any atom is -0.378 e. The molecule has 0 N–H and O–H groups in total. The maximum Gasteiger partial charge on any atom is 0.253 e. The standard InChI is InChI=1S/C37H31N5O4/c1-23(43)42-33-10-3-2-8-29(33)36(44)34(42)20-26-19-30(28-9-4-6-24-7-5-13-38-35(24)28)31-18-25(11-12-32(31)39-26)37(45)41-16-14-40(15-17-41)27-21-46-22-27/h2-13,18-20,27H,14-17,21-22H2,1H3. The number of pyridine rings is 2. The Kier molecular flexibility index (Phi) is 6.92. The lowest BCUT2D eigenvalue weighted by atomic mass is 9.96. The molecule has 46 heavy (non-hydrogen) atoms. The highest BCUT2D eigenvalue weighted by molar-refractivity contribution is 6.26. The van der Waals surface area contributed by atoms with Gasteiger partial charge in [-0.1, -0.05) is 36.4 Å². The highest BCUT2D eigenvalue weighted by Gasteiger charge is 2.35. The number of ketones is 1. The van der Waals surface area contributed by atoms with E-state index in [9.17, 15) is 14.4 Å². The molecule has 0 aliphatic carbocycles. The number of para-hydroxylation sites is 2. The Morgan fingerprint density at radius 2 is 1.65 bits per heavy atom. The van der Waals surface area contributed by atoms with Crippen molar-refractivity contribution < 1.29 is 19.1 Å². The third-order valence-electron chi connectivity index (χ3n) is 9.20. The number of aromatic nitrogens is 2. The van der Waals surface area contributed by atoms with Crippen LogP contribution < -0.4 is 4.90 Å². The number of carbonyl (C=O) groups excluding carboxylic acids is 3. The number of carbonyl (C=O) groups is 3. The molecule has 228 valence electrons. The van der Waals surface area contributed by atoms with Gasteiger partial charge in [-0.2, -0.15) is 0 Å². The summed E-state index contributed by atoms with van der Waals surface area (Å²) in [6.45, 7) is 5.99. The van der Waals surface area contributed by atoms with Crippen LogP contribution in [-0.2, 0) is 9.53 Å². The first-order valence-corrected chi connectivity index (χ1v) is 15.5. The van der Waals surface area contributed by atoms with Gasteiger partial charge >= 0.3 is 0 Å². The molecule has 2 aromatic heterocycles. The van der Waals surface area contributed by atoms with Crippen molar-refractivity contribution in [2.75, 3.05) is 44.3 Å². The van der Waals surface area contributed by atoms with Gasteiger partial charge in [-0.05, 0) is 54.1 Å². The number of ether oxygens (including phenoxy) is 1. The fourth-order valence-corrected chi connectivity index (χ4v) is 6.74. The van der Waals surface area contributed by atoms with Crippen LogP contribution in [0.2, 0.25) is 0 Å². The summed E-state index contributed by atoms with van der Waals surface area (Å²) in [6, 6.07) is 25.0. The van der Waals surface area contributed by atoms with Gasteiger partial charge in [0.1, 0.15) is 0 Å². The lowest BCUT2D eigenvalue weighted by Crippen LogP contribution is -2.57. The topological polar surface area (TPSA) is 95.9 Å². The fraction of sp³-hybridized carbons (Fsp3) is 0.216. The second-order valence-electron chi connectivity index (χ2n) is 12.0. The van der Waals surface area contributed by atoms with Crippen LogP contribution in [0, 0.1) is 0 Å². The van der Waals surface area contributed by atoms with Crippen molar-refractivity contribution in [3.05, 3.63) is 108 Å². The number of anilines is 1. The van der Waals surface area contributed by atoms with E-state index in [0.29, 0.717) is 47.2 Å². The van der Waals surface area contributed by atoms with Crippen LogP contribution in [0.4, 0.5) is 5.69 Å². The Morgan fingerprint density at radius 1 is 0.870 bits per heavy atom. The highest BCUT2D eigenvalue weighted by Crippen LogP contribution is 2.38. The first-order chi connectivity index (χ1) is 22.5. The quantitative estimate of drug-likeness (QED) is 0.259. The van der Waals surface area contributed by atoms with E-state index in [-0.39, 0.29) is 23.3 Å². The zero-order valence-electron chi connectivity index (χ0n) is 25.3. The van der Waals surface area contributed by atoms with Crippen LogP contribution in [0.25, 0.3) is 39.0 Å². The van der Waals surface area contributed by atoms with Crippen molar-refractivity contribution in [3.8, 4) is 11.1 Å². The number of nitrogens with zero attached hydrogens (tertiary/aromatic N) is 5. The molecule has 3 aliphatic rings. The van der Waals surface area contributed by atoms with E-state index in [2.05, 4.69) is 4.90 Å². The molecule has 9 heteroatoms. The van der Waals surface area contributed by atoms with Gasteiger partial charge in [0.2, 0.25) is 11.7 Å². The molecule has 0 radical (unpaired) electrons. The number of hydrogen-bond acceptors (Lipinski definition) is 7. The maximum absolute atomic E-state index is 13.8. The average Bonchev–Trinajstić information content (AvgIpc) is 3.34. The van der Waals surface area contributed by atoms with Crippen LogP contribution >= 0.6 is 0 Å². The van der Waals surface area contributed by atoms with Crippen LogP contribution in [0.3, 0.4) is 0 Å². The van der Waals surface area contributed by atoms with Crippen LogP contribution in [0.5, 0.6) is 0 Å². The lowest BCUT2D eigenvalue weighted by molar-refractivity contribution is -0.116. The Labute approximate surface area is 265 Å². The molecular weight excluding hydrogens is 578 g/mol. The average molecular weight is 610 g/mol. The molecule has 2 fully saturated rings. The van der Waals surface area contributed by atoms with E-state index in [1.54, 1.807) is 30.5 Å². The number of piperazine rings is 1. The molecule has 8 rings (SSSR count). The largest absolute Gasteiger partial charge is 0.378 e. The van der Waals surface area contributed by atoms with Crippen molar-refractivity contribution in [2.24, 2.45) is 0 Å². The molecule has 5 aromatic rings. The number of benzene rings is 3. The van der Waals surface area contributed by atoms with E-state index in [0.717, 1.165) is 53.7 Å². The zero-order valence-corrected chi connectivity index (χ0v) is 25.3. The lowest BCUT2D eigenvalue weighted by Gasteiger charge is -2.42. The third kappa shape index (κ3) is 4.76. The monoisotopic (exact) mass is 609 g/mol. The summed E-state index contributed by atoms with van der Waals surface area (Å²) in [5, 5.41) is 1.79. The maximum atomic E-state index is 13.8. The molecule has 5 heterocycles. The number of rotatable bonds is 4. The Hall–Kier alpha value is -5.25. The number of amides is 2. The molecule has 0 atom stereocenters. The second-order valence-corrected chi connectivity index (χ2v) is 12.0. The summed E-state index contributed by atoms with van der Waals surface area (Å²) in [5.74, 6) is -0.494. The van der Waals surface area contributed by atoms with Crippen molar-refractivity contribution in [1.29, 1.82) is 0 Å². The fourth-order valence-electron chi connectivity index (χ4n) is 6.74. The van der Waals surface area contributed by atoms with Crippen molar-refractivity contribution in [2.45, 2.75) is 13.0 Å². The highest BCUT2D eigenvalue weighted by atomic mass is 16.5. The van der Waals surface area contributed by atoms with Crippen molar-refractivity contribution in [1.82, 2.24) is 19.8 Å². The summed E-state index contributed by atoms with van der Waals surface area (Å²) in [4.78, 5) is 55.4. The summed E-state index contributed by atoms with van der Waals surface area (Å²) in [5.41, 5.74) is 5.62. The van der Waals surface area contributed by atoms with Crippen LogP contribution in [0.15, 0.2) is 90.8 Å². The predicted octanol–water partition coefficient (Wildman–Crippen LogP) is 5.20. The molecule has 0 saturated carbocycles. The summed E-state index contributed by atoms with van der Waals surface area (Å²) < 4.78 is 5.36. The number of hydrogen-bond donors (Lipinski definition) is 0. The first kappa shape index (κ1) is 28.2. The van der Waals surface area contributed by atoms with E-state index < -0.39 is 0 Å². The molecule has 0 unspecified atom stereocenters. The van der Waals surface area contributed by atoms with E-state index >= 15 is 0 Å². The molecule has 3 aliphatic heterocycles. The molecule has 0 spiro atoms. The van der Waals surface area contributed by atoms with Crippen LogP contribution in [-0.4, -0.2) is 82.8 Å². The van der Waals surface area contributed by atoms with Gasteiger partial charge in [0.15, 0.2) is 0 Å². The SMILES string of the molecule is CC(=O)N1C(=Cc2cc(-c3cccc4cccnc34)c3cc(C(=O)N4CCN(C5COC5)CC4)ccc3n2)C(=O)c2ccccc21. The van der Waals surface area contributed by atoms with Gasteiger partial charge in [-0.3, -0.25) is 29.2 Å². The summed E-state index contributed by atoms with van der Waals surface area (Å²) in [6.07, 6.45) is 3.44. The minimum absolute atomic E-state index is 0.00832. The summed E-state index contributed by atoms with van der Waals surface area (Å²) in [7, 11) is 0. The van der Waals surface area contributed by atoms with Crippen LogP contribution in [0.1, 0.15) is 33.3 Å². The van der Waals surface area contributed by atoms with Gasteiger partial charge in [0, 0.05) is 66.8 Å². The van der Waals surface area contributed by atoms with Crippen molar-refractivity contribution >= 4 is 51.2 Å². The van der Waals surface area contributed by atoms with Gasteiger partial charge in [0.25, 0.3) is 5.91 Å². The van der Waals surface area contributed by atoms with Gasteiger partial charge in [-0.25, -0.2) is 4.98 Å². The normalized spacial score (nSPS) is 17.9. The molecule has 0 bridgehead atoms. The third-order valence-corrected chi connectivity index (χ3v) is 9.20. The Balaban J connectivity index is 1.24. The summed E-state index contributed by atoms with van der Waals surface area (Å²) >= 11 is 0. The minimum atomic E-state index is -0.256. The smallest absolute Gasteiger partial charge is 0.253 e.